The molecule has 0 aliphatic carbocycles. The highest BCUT2D eigenvalue weighted by molar-refractivity contribution is 5.59. The summed E-state index contributed by atoms with van der Waals surface area (Å²) in [5.41, 5.74) is 1.10. The van der Waals surface area contributed by atoms with Gasteiger partial charge in [0.2, 0.25) is 11.9 Å². The topological polar surface area (TPSA) is 72.0 Å². The van der Waals surface area contributed by atoms with Gasteiger partial charge in [0.1, 0.15) is 5.82 Å². The Hall–Kier alpha value is -2.44. The molecule has 7 heteroatoms. The minimum Gasteiger partial charge on any atom is -0.464 e. The van der Waals surface area contributed by atoms with Crippen molar-refractivity contribution in [2.24, 2.45) is 0 Å². The Labute approximate surface area is 122 Å². The lowest BCUT2D eigenvalue weighted by molar-refractivity contribution is 0.312. The number of rotatable bonds is 6. The predicted octanol–water partition coefficient (Wildman–Crippen LogP) is 2.89. The molecule has 112 valence electrons. The summed E-state index contributed by atoms with van der Waals surface area (Å²) in [5, 5.41) is 5.99. The number of nitrogens with zero attached hydrogens (tertiary/aromatic N) is 3. The van der Waals surface area contributed by atoms with Crippen molar-refractivity contribution in [3.05, 3.63) is 29.6 Å². The Balaban J connectivity index is 2.31. The minimum absolute atomic E-state index is 0.222. The summed E-state index contributed by atoms with van der Waals surface area (Å²) in [5.74, 6) is 0.427. The van der Waals surface area contributed by atoms with Crippen molar-refractivity contribution in [3.63, 3.8) is 0 Å². The van der Waals surface area contributed by atoms with E-state index in [-0.39, 0.29) is 11.8 Å². The second-order valence-electron chi connectivity index (χ2n) is 4.27. The zero-order valence-corrected chi connectivity index (χ0v) is 12.3. The first kappa shape index (κ1) is 15.0. The van der Waals surface area contributed by atoms with Crippen molar-refractivity contribution >= 4 is 17.6 Å². The lowest BCUT2D eigenvalue weighted by atomic mass is 10.2. The van der Waals surface area contributed by atoms with E-state index in [2.05, 4.69) is 25.6 Å². The van der Waals surface area contributed by atoms with E-state index < -0.39 is 0 Å². The summed E-state index contributed by atoms with van der Waals surface area (Å²) in [6.07, 6.45) is 0. The minimum atomic E-state index is -0.286. The molecule has 2 aromatic rings. The number of hydrogen-bond donors (Lipinski definition) is 2. The van der Waals surface area contributed by atoms with Crippen molar-refractivity contribution in [2.75, 3.05) is 23.8 Å². The van der Waals surface area contributed by atoms with Crippen LogP contribution in [0.1, 0.15) is 19.4 Å². The molecule has 0 aliphatic heterocycles. The van der Waals surface area contributed by atoms with Gasteiger partial charge >= 0.3 is 6.01 Å². The van der Waals surface area contributed by atoms with Gasteiger partial charge in [-0.25, -0.2) is 4.39 Å². The van der Waals surface area contributed by atoms with Gasteiger partial charge in [0.15, 0.2) is 0 Å². The molecule has 1 aromatic heterocycles. The molecular weight excluding hydrogens is 273 g/mol. The molecular formula is C14H18FN5O. The van der Waals surface area contributed by atoms with E-state index in [1.54, 1.807) is 19.1 Å². The van der Waals surface area contributed by atoms with Crippen LogP contribution in [0.25, 0.3) is 0 Å². The van der Waals surface area contributed by atoms with Crippen LogP contribution in [0.4, 0.5) is 22.0 Å². The zero-order valence-electron chi connectivity index (χ0n) is 12.3. The summed E-state index contributed by atoms with van der Waals surface area (Å²) in [6.45, 7) is 6.60. The molecule has 0 bridgehead atoms. The molecule has 0 atom stereocenters. The molecule has 1 aromatic carbocycles. The number of aromatic nitrogens is 3. The number of ether oxygens (including phenoxy) is 1. The predicted molar refractivity (Wildman–Crippen MR) is 79.6 cm³/mol. The molecule has 6 nitrogen and oxygen atoms in total. The summed E-state index contributed by atoms with van der Waals surface area (Å²) >= 11 is 0. The standard InChI is InChI=1S/C14H18FN5O/c1-4-16-12-18-13(20-14(19-12)21-5-2)17-11-8-6-7-10(15)9(11)3/h6-8H,4-5H2,1-3H3,(H2,16,17,18,19,20). The Morgan fingerprint density at radius 1 is 1.14 bits per heavy atom. The summed E-state index contributed by atoms with van der Waals surface area (Å²) < 4.78 is 18.9. The average Bonchev–Trinajstić information content (AvgIpc) is 2.44. The van der Waals surface area contributed by atoms with E-state index in [4.69, 9.17) is 4.74 Å². The summed E-state index contributed by atoms with van der Waals surface area (Å²) in [4.78, 5) is 12.5. The molecule has 21 heavy (non-hydrogen) atoms. The normalized spacial score (nSPS) is 10.3. The third-order valence-corrected chi connectivity index (χ3v) is 2.74. The maximum Gasteiger partial charge on any atom is 0.323 e. The van der Waals surface area contributed by atoms with Gasteiger partial charge in [-0.1, -0.05) is 6.07 Å². The van der Waals surface area contributed by atoms with Gasteiger partial charge < -0.3 is 15.4 Å². The van der Waals surface area contributed by atoms with E-state index in [0.717, 1.165) is 0 Å². The second kappa shape index (κ2) is 6.83. The zero-order chi connectivity index (χ0) is 15.2. The lowest BCUT2D eigenvalue weighted by Gasteiger charge is -2.11. The van der Waals surface area contributed by atoms with Crippen LogP contribution in [0.2, 0.25) is 0 Å². The molecule has 0 saturated heterocycles. The van der Waals surface area contributed by atoms with Gasteiger partial charge in [-0.05, 0) is 32.9 Å². The highest BCUT2D eigenvalue weighted by Crippen LogP contribution is 2.21. The van der Waals surface area contributed by atoms with Crippen LogP contribution in [0.5, 0.6) is 6.01 Å². The van der Waals surface area contributed by atoms with Crippen LogP contribution in [-0.2, 0) is 0 Å². The number of anilines is 3. The monoisotopic (exact) mass is 291 g/mol. The van der Waals surface area contributed by atoms with Crippen molar-refractivity contribution in [3.8, 4) is 6.01 Å². The van der Waals surface area contributed by atoms with Gasteiger partial charge in [-0.2, -0.15) is 15.0 Å². The quantitative estimate of drug-likeness (QED) is 0.852. The average molecular weight is 291 g/mol. The van der Waals surface area contributed by atoms with Crippen molar-refractivity contribution in [1.29, 1.82) is 0 Å². The van der Waals surface area contributed by atoms with Gasteiger partial charge in [0.25, 0.3) is 0 Å². The van der Waals surface area contributed by atoms with Crippen molar-refractivity contribution < 1.29 is 9.13 Å². The molecule has 0 saturated carbocycles. The first-order valence-corrected chi connectivity index (χ1v) is 6.79. The van der Waals surface area contributed by atoms with Gasteiger partial charge in [0, 0.05) is 17.8 Å². The lowest BCUT2D eigenvalue weighted by Crippen LogP contribution is -2.09. The molecule has 0 radical (unpaired) electrons. The second-order valence-corrected chi connectivity index (χ2v) is 4.27. The Morgan fingerprint density at radius 2 is 1.90 bits per heavy atom. The van der Waals surface area contributed by atoms with Gasteiger partial charge in [-0.15, -0.1) is 0 Å². The van der Waals surface area contributed by atoms with Crippen LogP contribution >= 0.6 is 0 Å². The fourth-order valence-electron chi connectivity index (χ4n) is 1.71. The summed E-state index contributed by atoms with van der Waals surface area (Å²) in [7, 11) is 0. The molecule has 2 N–H and O–H groups in total. The van der Waals surface area contributed by atoms with Crippen LogP contribution in [0.15, 0.2) is 18.2 Å². The maximum atomic E-state index is 13.6. The fourth-order valence-corrected chi connectivity index (χ4v) is 1.71. The Kier molecular flexibility index (Phi) is 4.86. The first-order valence-electron chi connectivity index (χ1n) is 6.79. The number of hydrogen-bond acceptors (Lipinski definition) is 6. The molecule has 2 rings (SSSR count). The largest absolute Gasteiger partial charge is 0.464 e. The van der Waals surface area contributed by atoms with Crippen LogP contribution in [0.3, 0.4) is 0 Å². The molecule has 0 aliphatic rings. The highest BCUT2D eigenvalue weighted by Gasteiger charge is 2.09. The van der Waals surface area contributed by atoms with E-state index in [0.29, 0.717) is 36.3 Å². The van der Waals surface area contributed by atoms with E-state index >= 15 is 0 Å². The van der Waals surface area contributed by atoms with Crippen molar-refractivity contribution in [2.45, 2.75) is 20.8 Å². The van der Waals surface area contributed by atoms with E-state index in [1.165, 1.54) is 6.07 Å². The van der Waals surface area contributed by atoms with Crippen LogP contribution < -0.4 is 15.4 Å². The Morgan fingerprint density at radius 3 is 2.62 bits per heavy atom. The molecule has 0 fully saturated rings. The summed E-state index contributed by atoms with van der Waals surface area (Å²) in [6, 6.07) is 5.01. The maximum absolute atomic E-state index is 13.6. The molecule has 1 heterocycles. The van der Waals surface area contributed by atoms with Gasteiger partial charge in [-0.3, -0.25) is 0 Å². The number of benzene rings is 1. The number of nitrogens with one attached hydrogen (secondary N) is 2. The smallest absolute Gasteiger partial charge is 0.323 e. The molecule has 0 spiro atoms. The third kappa shape index (κ3) is 3.77. The van der Waals surface area contributed by atoms with E-state index in [9.17, 15) is 4.39 Å². The molecule has 0 amide bonds. The van der Waals surface area contributed by atoms with Crippen LogP contribution in [-0.4, -0.2) is 28.1 Å². The van der Waals surface area contributed by atoms with E-state index in [1.807, 2.05) is 13.8 Å². The van der Waals surface area contributed by atoms with Gasteiger partial charge in [0.05, 0.1) is 6.61 Å². The van der Waals surface area contributed by atoms with Crippen LogP contribution in [0, 0.1) is 12.7 Å². The third-order valence-electron chi connectivity index (χ3n) is 2.74. The molecule has 0 unspecified atom stereocenters. The fraction of sp³-hybridized carbons (Fsp3) is 0.357. The first-order chi connectivity index (χ1) is 10.1. The Bertz CT molecular complexity index is 596. The van der Waals surface area contributed by atoms with Crippen molar-refractivity contribution in [1.82, 2.24) is 15.0 Å². The highest BCUT2D eigenvalue weighted by atomic mass is 19.1. The number of halogens is 1. The SMILES string of the molecule is CCNc1nc(Nc2cccc(F)c2C)nc(OCC)n1.